The Morgan fingerprint density at radius 1 is 0.696 bits per heavy atom. The minimum absolute atomic E-state index is 0. The molecule has 0 saturated carbocycles. The van der Waals surface area contributed by atoms with Gasteiger partial charge < -0.3 is 9.30 Å². The van der Waals surface area contributed by atoms with Crippen molar-refractivity contribution in [1.82, 2.24) is 14.3 Å². The number of benzene rings is 5. The zero-order chi connectivity index (χ0) is 31.2. The molecule has 2 heterocycles. The summed E-state index contributed by atoms with van der Waals surface area (Å²) in [4.78, 5) is 0. The molecule has 0 bridgehead atoms. The van der Waals surface area contributed by atoms with E-state index in [1.807, 2.05) is 22.9 Å². The minimum atomic E-state index is 0. The van der Waals surface area contributed by atoms with Gasteiger partial charge in [-0.3, -0.25) is 4.68 Å². The Kier molecular flexibility index (Phi) is 8.77. The number of fused-ring (bicyclic) bond motifs is 3. The number of aromatic nitrogens is 3. The van der Waals surface area contributed by atoms with Gasteiger partial charge in [0.25, 0.3) is 0 Å². The molecule has 0 aliphatic rings. The van der Waals surface area contributed by atoms with Crippen LogP contribution in [0.1, 0.15) is 47.5 Å². The second kappa shape index (κ2) is 12.8. The Balaban J connectivity index is 0.00000372. The summed E-state index contributed by atoms with van der Waals surface area (Å²) in [6.07, 6.45) is 1.95. The predicted molar refractivity (Wildman–Crippen MR) is 184 cm³/mol. The van der Waals surface area contributed by atoms with Gasteiger partial charge in [0.15, 0.2) is 0 Å². The molecule has 46 heavy (non-hydrogen) atoms. The van der Waals surface area contributed by atoms with Gasteiger partial charge in [-0.1, -0.05) is 75.3 Å². The number of hydrogen-bond donors (Lipinski definition) is 0. The molecule has 7 aromatic rings. The molecule has 0 aliphatic carbocycles. The third-order valence-corrected chi connectivity index (χ3v) is 8.70. The summed E-state index contributed by atoms with van der Waals surface area (Å²) in [6.45, 7) is 12.9. The van der Waals surface area contributed by atoms with E-state index in [1.165, 1.54) is 33.2 Å². The van der Waals surface area contributed by atoms with Crippen LogP contribution in [-0.4, -0.2) is 14.3 Å². The van der Waals surface area contributed by atoms with Crippen LogP contribution in [0.25, 0.3) is 44.3 Å². The van der Waals surface area contributed by atoms with Crippen LogP contribution >= 0.6 is 0 Å². The van der Waals surface area contributed by atoms with Crippen molar-refractivity contribution in [3.8, 4) is 34.0 Å². The Morgan fingerprint density at radius 2 is 1.43 bits per heavy atom. The van der Waals surface area contributed by atoms with Crippen molar-refractivity contribution in [1.29, 1.82) is 0 Å². The third-order valence-electron chi connectivity index (χ3n) is 8.70. The van der Waals surface area contributed by atoms with Crippen LogP contribution in [0.2, 0.25) is 0 Å². The van der Waals surface area contributed by atoms with Gasteiger partial charge in [-0.05, 0) is 60.5 Å². The van der Waals surface area contributed by atoms with E-state index >= 15 is 0 Å². The van der Waals surface area contributed by atoms with Gasteiger partial charge in [0.05, 0.1) is 5.69 Å². The van der Waals surface area contributed by atoms with Crippen molar-refractivity contribution in [2.45, 2.75) is 54.4 Å². The monoisotopic (exact) mass is 781 g/mol. The molecular formula is C41H36N3OPt-3. The van der Waals surface area contributed by atoms with Crippen molar-refractivity contribution < 1.29 is 25.8 Å². The van der Waals surface area contributed by atoms with Crippen molar-refractivity contribution >= 4 is 21.8 Å². The maximum atomic E-state index is 6.50. The van der Waals surface area contributed by atoms with Gasteiger partial charge in [-0.2, -0.15) is 40.5 Å². The van der Waals surface area contributed by atoms with E-state index in [0.29, 0.717) is 11.5 Å². The first-order chi connectivity index (χ1) is 21.9. The van der Waals surface area contributed by atoms with Crippen molar-refractivity contribution in [3.05, 3.63) is 137 Å². The summed E-state index contributed by atoms with van der Waals surface area (Å²) < 4.78 is 10.7. The molecular weight excluding hydrogens is 746 g/mol. The van der Waals surface area contributed by atoms with Gasteiger partial charge in [-0.15, -0.1) is 41.8 Å². The van der Waals surface area contributed by atoms with E-state index in [4.69, 9.17) is 9.84 Å². The fraction of sp³-hybridized carbons (Fsp3) is 0.195. The average Bonchev–Trinajstić information content (AvgIpc) is 3.52. The van der Waals surface area contributed by atoms with Crippen molar-refractivity contribution in [2.24, 2.45) is 0 Å². The van der Waals surface area contributed by atoms with E-state index in [-0.39, 0.29) is 21.1 Å². The second-order valence-corrected chi connectivity index (χ2v) is 11.8. The third kappa shape index (κ3) is 5.50. The molecule has 4 nitrogen and oxygen atoms in total. The number of nitrogens with zero attached hydrogens (tertiary/aromatic N) is 3. The van der Waals surface area contributed by atoms with Crippen LogP contribution in [0.15, 0.2) is 84.9 Å². The average molecular weight is 782 g/mol. The molecule has 5 heteroatoms. The van der Waals surface area contributed by atoms with Crippen LogP contribution < -0.4 is 4.74 Å². The fourth-order valence-electron chi connectivity index (χ4n) is 6.63. The molecule has 0 amide bonds. The molecule has 7 rings (SSSR count). The normalized spacial score (nSPS) is 11.3. The van der Waals surface area contributed by atoms with E-state index < -0.39 is 0 Å². The van der Waals surface area contributed by atoms with Gasteiger partial charge in [0, 0.05) is 49.3 Å². The van der Waals surface area contributed by atoms with Crippen LogP contribution in [0, 0.1) is 45.9 Å². The topological polar surface area (TPSA) is 32.0 Å². The summed E-state index contributed by atoms with van der Waals surface area (Å²) in [6, 6.07) is 40.0. The van der Waals surface area contributed by atoms with Gasteiger partial charge in [0.1, 0.15) is 0 Å². The zero-order valence-corrected chi connectivity index (χ0v) is 29.3. The molecule has 0 N–H and O–H groups in total. The summed E-state index contributed by atoms with van der Waals surface area (Å²) in [5.41, 5.74) is 13.5. The van der Waals surface area contributed by atoms with Gasteiger partial charge in [0.2, 0.25) is 0 Å². The molecule has 234 valence electrons. The first-order valence-electron chi connectivity index (χ1n) is 15.7. The first-order valence-corrected chi connectivity index (χ1v) is 15.7. The van der Waals surface area contributed by atoms with Crippen molar-refractivity contribution in [2.75, 3.05) is 0 Å². The van der Waals surface area contributed by atoms with E-state index in [9.17, 15) is 0 Å². The van der Waals surface area contributed by atoms with E-state index in [1.54, 1.807) is 0 Å². The quantitative estimate of drug-likeness (QED) is 0.151. The van der Waals surface area contributed by atoms with Gasteiger partial charge >= 0.3 is 0 Å². The van der Waals surface area contributed by atoms with Crippen LogP contribution in [0.5, 0.6) is 11.5 Å². The molecule has 0 fully saturated rings. The second-order valence-electron chi connectivity index (χ2n) is 11.8. The number of ether oxygens (including phenoxy) is 1. The molecule has 0 saturated heterocycles. The molecule has 2 aromatic heterocycles. The fourth-order valence-corrected chi connectivity index (χ4v) is 6.63. The number of rotatable bonds is 7. The van der Waals surface area contributed by atoms with Crippen LogP contribution in [0.4, 0.5) is 0 Å². The summed E-state index contributed by atoms with van der Waals surface area (Å²) in [5, 5.41) is 7.32. The Labute approximate surface area is 285 Å². The summed E-state index contributed by atoms with van der Waals surface area (Å²) in [5.74, 6) is 1.26. The molecule has 0 spiro atoms. The summed E-state index contributed by atoms with van der Waals surface area (Å²) >= 11 is 0. The van der Waals surface area contributed by atoms with Crippen LogP contribution in [0.3, 0.4) is 0 Å². The SMILES string of the molecule is CCc1cccc(CC)c1-c1c(C)nn(-c2[c-]c(Oc3[c-]c4c(cc3)c3ccccc3n4-c3[c-]ccc(C)c3)cc(C)c2)c1C.[Pt]. The largest absolute Gasteiger partial charge is 0.509 e. The standard InChI is InChI=1S/C41H36N3O.Pt/c1-7-30-14-12-15-31(8-2)41(30)40-28(5)42-44(29(40)6)33-22-27(4)23-35(24-33)45-34-19-20-37-36-17-9-10-18-38(36)43(39(37)25-34)32-16-11-13-26(3)21-32;/h9-15,17-23H,7-8H2,1-6H3;/q-3;. The van der Waals surface area contributed by atoms with Gasteiger partial charge in [-0.25, -0.2) is 0 Å². The minimum Gasteiger partial charge on any atom is -0.509 e. The maximum absolute atomic E-state index is 6.50. The van der Waals surface area contributed by atoms with E-state index in [0.717, 1.165) is 57.6 Å². The molecule has 0 unspecified atom stereocenters. The van der Waals surface area contributed by atoms with Crippen LogP contribution in [-0.2, 0) is 33.9 Å². The number of aryl methyl sites for hydroxylation is 5. The summed E-state index contributed by atoms with van der Waals surface area (Å²) in [7, 11) is 0. The maximum Gasteiger partial charge on any atom is 0.0678 e. The zero-order valence-electron chi connectivity index (χ0n) is 27.1. The number of hydrogen-bond acceptors (Lipinski definition) is 2. The Morgan fingerprint density at radius 3 is 2.17 bits per heavy atom. The molecule has 5 aromatic carbocycles. The van der Waals surface area contributed by atoms with Crippen molar-refractivity contribution in [3.63, 3.8) is 0 Å². The molecule has 0 radical (unpaired) electrons. The molecule has 0 aliphatic heterocycles. The first kappa shape index (κ1) is 31.6. The number of para-hydroxylation sites is 1. The predicted octanol–water partition coefficient (Wildman–Crippen LogP) is 10.2. The Hall–Kier alpha value is -4.40. The Bertz CT molecular complexity index is 2200. The van der Waals surface area contributed by atoms with E-state index in [2.05, 4.69) is 131 Å². The smallest absolute Gasteiger partial charge is 0.0678 e. The molecule has 0 atom stereocenters.